The number of aryl methyl sites for hydroxylation is 1. The van der Waals surface area contributed by atoms with E-state index in [0.29, 0.717) is 43.1 Å². The predicted molar refractivity (Wildman–Crippen MR) is 133 cm³/mol. The number of carbonyl (C=O) groups is 2. The molecule has 4 rings (SSSR count). The van der Waals surface area contributed by atoms with Crippen LogP contribution in [0.5, 0.6) is 0 Å². The minimum atomic E-state index is -3.87. The zero-order valence-electron chi connectivity index (χ0n) is 19.5. The van der Waals surface area contributed by atoms with E-state index in [1.54, 1.807) is 53.4 Å². The number of benzene rings is 3. The highest BCUT2D eigenvalue weighted by Gasteiger charge is 2.25. The SMILES string of the molecule is CC(=O)c1ccc(N2CCN(C(=O)c3cccc(S(=O)(=O)Nc4ccc(C)cc4)c3)CC2)c(F)c1. The molecular formula is C26H26FN3O4S. The number of anilines is 2. The standard InChI is InChI=1S/C26H26FN3O4S/c1-18-6-9-22(10-7-18)28-35(33,34)23-5-3-4-21(16-23)26(32)30-14-12-29(13-15-30)25-11-8-20(19(2)31)17-24(25)27/h3-11,16-17,28H,12-15H2,1-2H3. The Morgan fingerprint density at radius 2 is 1.57 bits per heavy atom. The van der Waals surface area contributed by atoms with Gasteiger partial charge in [0, 0.05) is 43.0 Å². The molecule has 3 aromatic carbocycles. The summed E-state index contributed by atoms with van der Waals surface area (Å²) in [5, 5.41) is 0. The van der Waals surface area contributed by atoms with Gasteiger partial charge in [0.2, 0.25) is 0 Å². The average Bonchev–Trinajstić information content (AvgIpc) is 2.85. The third kappa shape index (κ3) is 5.51. The van der Waals surface area contributed by atoms with Crippen molar-refractivity contribution in [1.82, 2.24) is 4.90 Å². The second-order valence-corrected chi connectivity index (χ2v) is 10.2. The lowest BCUT2D eigenvalue weighted by Crippen LogP contribution is -2.49. The van der Waals surface area contributed by atoms with Crippen molar-refractivity contribution in [3.63, 3.8) is 0 Å². The zero-order chi connectivity index (χ0) is 25.2. The molecule has 0 aliphatic carbocycles. The number of carbonyl (C=O) groups excluding carboxylic acids is 2. The second kappa shape index (κ2) is 9.87. The number of nitrogens with zero attached hydrogens (tertiary/aromatic N) is 2. The van der Waals surface area contributed by atoms with Crippen molar-refractivity contribution >= 4 is 33.1 Å². The van der Waals surface area contributed by atoms with Crippen LogP contribution in [-0.2, 0) is 10.0 Å². The van der Waals surface area contributed by atoms with Crippen molar-refractivity contribution in [2.45, 2.75) is 18.7 Å². The van der Waals surface area contributed by atoms with E-state index in [1.807, 2.05) is 11.8 Å². The number of ketones is 1. The molecule has 3 aromatic rings. The quantitative estimate of drug-likeness (QED) is 0.521. The van der Waals surface area contributed by atoms with Crippen molar-refractivity contribution in [3.05, 3.63) is 89.2 Å². The Hall–Kier alpha value is -3.72. The van der Waals surface area contributed by atoms with Crippen LogP contribution in [0.15, 0.2) is 71.6 Å². The fourth-order valence-corrected chi connectivity index (χ4v) is 5.05. The van der Waals surface area contributed by atoms with Gasteiger partial charge in [0.15, 0.2) is 5.78 Å². The normalized spacial score (nSPS) is 14.0. The predicted octanol–water partition coefficient (Wildman–Crippen LogP) is 4.10. The van der Waals surface area contributed by atoms with E-state index < -0.39 is 15.8 Å². The summed E-state index contributed by atoms with van der Waals surface area (Å²) in [7, 11) is -3.87. The minimum Gasteiger partial charge on any atom is -0.366 e. The summed E-state index contributed by atoms with van der Waals surface area (Å²) in [5.74, 6) is -0.968. The maximum atomic E-state index is 14.5. The maximum absolute atomic E-state index is 14.5. The van der Waals surface area contributed by atoms with Crippen LogP contribution in [0.4, 0.5) is 15.8 Å². The molecule has 0 spiro atoms. The first kappa shape index (κ1) is 24.4. The van der Waals surface area contributed by atoms with Gasteiger partial charge in [-0.1, -0.05) is 23.8 Å². The van der Waals surface area contributed by atoms with Crippen LogP contribution in [0.2, 0.25) is 0 Å². The van der Waals surface area contributed by atoms with Crippen LogP contribution in [-0.4, -0.2) is 51.2 Å². The zero-order valence-corrected chi connectivity index (χ0v) is 20.3. The summed E-state index contributed by atoms with van der Waals surface area (Å²) in [6, 6.07) is 17.3. The van der Waals surface area contributed by atoms with Crippen LogP contribution < -0.4 is 9.62 Å². The molecule has 35 heavy (non-hydrogen) atoms. The lowest BCUT2D eigenvalue weighted by Gasteiger charge is -2.36. The van der Waals surface area contributed by atoms with E-state index in [0.717, 1.165) is 5.56 Å². The number of halogens is 1. The Labute approximate surface area is 204 Å². The van der Waals surface area contributed by atoms with Crippen LogP contribution >= 0.6 is 0 Å². The van der Waals surface area contributed by atoms with Crippen molar-refractivity contribution in [1.29, 1.82) is 0 Å². The molecule has 1 fully saturated rings. The van der Waals surface area contributed by atoms with E-state index >= 15 is 0 Å². The van der Waals surface area contributed by atoms with E-state index in [4.69, 9.17) is 0 Å². The Morgan fingerprint density at radius 1 is 0.886 bits per heavy atom. The smallest absolute Gasteiger partial charge is 0.261 e. The first-order chi connectivity index (χ1) is 16.6. The summed E-state index contributed by atoms with van der Waals surface area (Å²) < 4.78 is 42.7. The van der Waals surface area contributed by atoms with Crippen molar-refractivity contribution < 1.29 is 22.4 Å². The molecular weight excluding hydrogens is 469 g/mol. The Bertz CT molecular complexity index is 1370. The molecule has 0 saturated carbocycles. The Kier molecular flexibility index (Phi) is 6.88. The van der Waals surface area contributed by atoms with Gasteiger partial charge in [0.1, 0.15) is 5.82 Å². The fourth-order valence-electron chi connectivity index (χ4n) is 3.95. The molecule has 1 saturated heterocycles. The number of hydrogen-bond donors (Lipinski definition) is 1. The van der Waals surface area contributed by atoms with Gasteiger partial charge in [0.05, 0.1) is 10.6 Å². The third-order valence-electron chi connectivity index (χ3n) is 5.96. The Balaban J connectivity index is 1.44. The molecule has 9 heteroatoms. The van der Waals surface area contributed by atoms with Crippen molar-refractivity contribution in [3.8, 4) is 0 Å². The summed E-state index contributed by atoms with van der Waals surface area (Å²) in [6.45, 7) is 4.83. The van der Waals surface area contributed by atoms with Gasteiger partial charge in [-0.2, -0.15) is 0 Å². The van der Waals surface area contributed by atoms with Gasteiger partial charge in [-0.25, -0.2) is 12.8 Å². The number of piperazine rings is 1. The molecule has 0 unspecified atom stereocenters. The molecule has 0 aromatic heterocycles. The largest absolute Gasteiger partial charge is 0.366 e. The highest BCUT2D eigenvalue weighted by molar-refractivity contribution is 7.92. The first-order valence-corrected chi connectivity index (χ1v) is 12.7. The average molecular weight is 496 g/mol. The summed E-state index contributed by atoms with van der Waals surface area (Å²) in [5.41, 5.74) is 2.41. The molecule has 0 atom stereocenters. The number of hydrogen-bond acceptors (Lipinski definition) is 5. The number of nitrogens with one attached hydrogen (secondary N) is 1. The van der Waals surface area contributed by atoms with E-state index in [9.17, 15) is 22.4 Å². The van der Waals surface area contributed by atoms with Gasteiger partial charge in [-0.05, 0) is 62.4 Å². The van der Waals surface area contributed by atoms with Crippen LogP contribution in [0.1, 0.15) is 33.2 Å². The molecule has 1 heterocycles. The number of rotatable bonds is 6. The lowest BCUT2D eigenvalue weighted by molar-refractivity contribution is 0.0746. The highest BCUT2D eigenvalue weighted by Crippen LogP contribution is 2.23. The van der Waals surface area contributed by atoms with Gasteiger partial charge >= 0.3 is 0 Å². The molecule has 0 bridgehead atoms. The van der Waals surface area contributed by atoms with Crippen LogP contribution in [0.25, 0.3) is 0 Å². The van der Waals surface area contributed by atoms with Crippen LogP contribution in [0.3, 0.4) is 0 Å². The third-order valence-corrected chi connectivity index (χ3v) is 7.34. The molecule has 1 aliphatic heterocycles. The monoisotopic (exact) mass is 495 g/mol. The first-order valence-electron chi connectivity index (χ1n) is 11.2. The summed E-state index contributed by atoms with van der Waals surface area (Å²) in [6.07, 6.45) is 0. The van der Waals surface area contributed by atoms with Gasteiger partial charge in [-0.3, -0.25) is 14.3 Å². The maximum Gasteiger partial charge on any atom is 0.261 e. The van der Waals surface area contributed by atoms with Crippen LogP contribution in [0, 0.1) is 12.7 Å². The lowest BCUT2D eigenvalue weighted by atomic mass is 10.1. The van der Waals surface area contributed by atoms with Gasteiger partial charge in [0.25, 0.3) is 15.9 Å². The fraction of sp³-hybridized carbons (Fsp3) is 0.231. The number of amides is 1. The Morgan fingerprint density at radius 3 is 2.20 bits per heavy atom. The van der Waals surface area contributed by atoms with E-state index in [2.05, 4.69) is 4.72 Å². The van der Waals surface area contributed by atoms with Gasteiger partial charge < -0.3 is 9.80 Å². The van der Waals surface area contributed by atoms with Crippen molar-refractivity contribution in [2.75, 3.05) is 35.8 Å². The molecule has 1 N–H and O–H groups in total. The summed E-state index contributed by atoms with van der Waals surface area (Å²) >= 11 is 0. The number of sulfonamides is 1. The van der Waals surface area contributed by atoms with E-state index in [1.165, 1.54) is 25.1 Å². The number of Topliss-reactive ketones (excluding diaryl/α,β-unsaturated/α-hetero) is 1. The molecule has 182 valence electrons. The van der Waals surface area contributed by atoms with Gasteiger partial charge in [-0.15, -0.1) is 0 Å². The summed E-state index contributed by atoms with van der Waals surface area (Å²) in [4.78, 5) is 28.0. The topological polar surface area (TPSA) is 86.8 Å². The van der Waals surface area contributed by atoms with E-state index in [-0.39, 0.29) is 22.1 Å². The minimum absolute atomic E-state index is 0.00445. The molecule has 1 aliphatic rings. The molecule has 1 amide bonds. The second-order valence-electron chi connectivity index (χ2n) is 8.50. The molecule has 7 nitrogen and oxygen atoms in total. The van der Waals surface area contributed by atoms with Crippen molar-refractivity contribution in [2.24, 2.45) is 0 Å². The highest BCUT2D eigenvalue weighted by atomic mass is 32.2. The molecule has 0 radical (unpaired) electrons.